The largest absolute Gasteiger partial charge is 0.459 e. The molecule has 4 amide bonds. The summed E-state index contributed by atoms with van der Waals surface area (Å²) in [7, 11) is 1.86. The van der Waals surface area contributed by atoms with Crippen LogP contribution in [0.2, 0.25) is 0 Å². The summed E-state index contributed by atoms with van der Waals surface area (Å²) in [5.41, 5.74) is 4.33. The van der Waals surface area contributed by atoms with Crippen molar-refractivity contribution in [3.8, 4) is 0 Å². The highest BCUT2D eigenvalue weighted by atomic mass is 16.6. The molecule has 296 valence electrons. The van der Waals surface area contributed by atoms with Crippen molar-refractivity contribution in [1.82, 2.24) is 26.6 Å². The third-order valence-corrected chi connectivity index (χ3v) is 7.13. The van der Waals surface area contributed by atoms with Crippen molar-refractivity contribution in [2.75, 3.05) is 46.6 Å². The van der Waals surface area contributed by atoms with Gasteiger partial charge in [-0.25, -0.2) is 4.79 Å². The van der Waals surface area contributed by atoms with Gasteiger partial charge in [-0.2, -0.15) is 0 Å². The van der Waals surface area contributed by atoms with E-state index in [9.17, 15) is 28.8 Å². The molecule has 0 heterocycles. The van der Waals surface area contributed by atoms with Crippen molar-refractivity contribution < 1.29 is 47.7 Å². The average Bonchev–Trinajstić information content (AvgIpc) is 3.55. The quantitative estimate of drug-likeness (QED) is 0.0562. The molecule has 0 aromatic heterocycles. The van der Waals surface area contributed by atoms with Crippen LogP contribution in [-0.2, 0) is 47.7 Å². The number of rotatable bonds is 25. The Morgan fingerprint density at radius 1 is 0.692 bits per heavy atom. The molecule has 0 spiro atoms. The Morgan fingerprint density at radius 2 is 1.29 bits per heavy atom. The first-order valence-corrected chi connectivity index (χ1v) is 17.9. The monoisotopic (exact) mass is 738 g/mol. The van der Waals surface area contributed by atoms with Crippen molar-refractivity contribution in [2.45, 2.75) is 122 Å². The van der Waals surface area contributed by atoms with Crippen LogP contribution in [0.4, 0.5) is 0 Å². The number of carbonyl (C=O) groups excluding carboxylic acids is 6. The Balaban J connectivity index is 2.39. The molecule has 3 unspecified atom stereocenters. The number of esters is 2. The van der Waals surface area contributed by atoms with E-state index in [1.807, 2.05) is 31.4 Å². The normalized spacial score (nSPS) is 14.6. The predicted molar refractivity (Wildman–Crippen MR) is 195 cm³/mol. The zero-order valence-electron chi connectivity index (χ0n) is 32.0. The van der Waals surface area contributed by atoms with Gasteiger partial charge in [-0.15, -0.1) is 0 Å². The lowest BCUT2D eigenvalue weighted by Crippen LogP contribution is -2.49. The lowest BCUT2D eigenvalue weighted by Gasteiger charge is -2.25. The molecule has 0 aliphatic heterocycles. The minimum absolute atomic E-state index is 0.00777. The second-order valence-electron chi connectivity index (χ2n) is 14.4. The highest BCUT2D eigenvalue weighted by Crippen LogP contribution is 2.13. The van der Waals surface area contributed by atoms with Crippen molar-refractivity contribution in [2.24, 2.45) is 5.73 Å². The van der Waals surface area contributed by atoms with Crippen LogP contribution >= 0.6 is 0 Å². The number of nitrogens with two attached hydrogens (primary N) is 1. The molecule has 0 aromatic rings. The SMILES string of the molecule is CNCCCCC(NC(=O)COCCOCCNC(=O)CCC(NC(=O)CCC(N)C(=O)OC(C)(C)C)C(=O)OC(C)(C)C)C(=O)NC1C=CC=C1. The summed E-state index contributed by atoms with van der Waals surface area (Å²) >= 11 is 0. The van der Waals surface area contributed by atoms with E-state index >= 15 is 0 Å². The Hall–Kier alpha value is -3.86. The van der Waals surface area contributed by atoms with Gasteiger partial charge >= 0.3 is 11.9 Å². The Morgan fingerprint density at radius 3 is 1.92 bits per heavy atom. The Kier molecular flexibility index (Phi) is 21.7. The molecule has 1 rings (SSSR count). The summed E-state index contributed by atoms with van der Waals surface area (Å²) in [4.78, 5) is 75.3. The van der Waals surface area contributed by atoms with Crippen LogP contribution in [-0.4, -0.2) is 118 Å². The first kappa shape index (κ1) is 46.2. The second kappa shape index (κ2) is 24.4. The van der Waals surface area contributed by atoms with Crippen LogP contribution in [0, 0.1) is 0 Å². The molecular formula is C36H62N6O10. The molecule has 1 aliphatic carbocycles. The van der Waals surface area contributed by atoms with Gasteiger partial charge in [-0.3, -0.25) is 24.0 Å². The standard InChI is InChI=1S/C36H62N6O10/c1-35(2,3)51-33(47)26(37)15-17-30(44)42-28(34(48)52-36(4,5)6)16-18-29(43)39-20-21-49-22-23-50-24-31(45)41-27(14-10-11-19-38-7)32(46)40-25-12-8-9-13-25/h8-9,12-13,25-28,38H,10-11,14-24,37H2,1-7H3,(H,39,43)(H,40,46)(H,41,45)(H,42,44). The number of amides is 4. The van der Waals surface area contributed by atoms with Crippen LogP contribution < -0.4 is 32.3 Å². The second-order valence-corrected chi connectivity index (χ2v) is 14.4. The smallest absolute Gasteiger partial charge is 0.329 e. The van der Waals surface area contributed by atoms with E-state index in [0.29, 0.717) is 6.42 Å². The number of carbonyl (C=O) groups is 6. The predicted octanol–water partition coefficient (Wildman–Crippen LogP) is 0.677. The van der Waals surface area contributed by atoms with E-state index in [1.165, 1.54) is 0 Å². The molecule has 0 radical (unpaired) electrons. The number of hydrogen-bond donors (Lipinski definition) is 6. The van der Waals surface area contributed by atoms with E-state index in [2.05, 4.69) is 26.6 Å². The lowest BCUT2D eigenvalue weighted by molar-refractivity contribution is -0.159. The molecule has 0 saturated carbocycles. The fourth-order valence-electron chi connectivity index (χ4n) is 4.63. The first-order chi connectivity index (χ1) is 24.4. The van der Waals surface area contributed by atoms with E-state index in [1.54, 1.807) is 41.5 Å². The van der Waals surface area contributed by atoms with Gasteiger partial charge in [0.15, 0.2) is 0 Å². The van der Waals surface area contributed by atoms with E-state index in [-0.39, 0.29) is 76.5 Å². The summed E-state index contributed by atoms with van der Waals surface area (Å²) < 4.78 is 21.5. The van der Waals surface area contributed by atoms with Crippen LogP contribution in [0.5, 0.6) is 0 Å². The van der Waals surface area contributed by atoms with Gasteiger partial charge in [0, 0.05) is 19.4 Å². The zero-order valence-corrected chi connectivity index (χ0v) is 32.0. The maximum Gasteiger partial charge on any atom is 0.329 e. The molecule has 1 aliphatic rings. The molecule has 0 saturated heterocycles. The van der Waals surface area contributed by atoms with Gasteiger partial charge in [-0.05, 0) is 87.2 Å². The molecule has 0 bridgehead atoms. The number of ether oxygens (including phenoxy) is 4. The van der Waals surface area contributed by atoms with Gasteiger partial charge in [0.1, 0.15) is 35.9 Å². The summed E-state index contributed by atoms with van der Waals surface area (Å²) in [6, 6.07) is -2.98. The lowest BCUT2D eigenvalue weighted by atomic mass is 10.1. The number of hydrogen-bond acceptors (Lipinski definition) is 12. The van der Waals surface area contributed by atoms with Crippen LogP contribution in [0.1, 0.15) is 86.5 Å². The van der Waals surface area contributed by atoms with Crippen molar-refractivity contribution in [3.63, 3.8) is 0 Å². The van der Waals surface area contributed by atoms with E-state index in [0.717, 1.165) is 19.4 Å². The van der Waals surface area contributed by atoms with E-state index < -0.39 is 53.1 Å². The number of nitrogens with one attached hydrogen (secondary N) is 5. The zero-order chi connectivity index (χ0) is 39.2. The molecule has 16 heteroatoms. The molecule has 3 atom stereocenters. The van der Waals surface area contributed by atoms with Gasteiger partial charge in [0.05, 0.1) is 25.9 Å². The first-order valence-electron chi connectivity index (χ1n) is 17.9. The minimum Gasteiger partial charge on any atom is -0.459 e. The molecule has 7 N–H and O–H groups in total. The van der Waals surface area contributed by atoms with E-state index in [4.69, 9.17) is 24.7 Å². The number of unbranched alkanes of at least 4 members (excludes halogenated alkanes) is 1. The van der Waals surface area contributed by atoms with Gasteiger partial charge < -0.3 is 51.3 Å². The molecule has 0 fully saturated rings. The van der Waals surface area contributed by atoms with Crippen LogP contribution in [0.25, 0.3) is 0 Å². The highest BCUT2D eigenvalue weighted by Gasteiger charge is 2.28. The summed E-state index contributed by atoms with van der Waals surface area (Å²) in [5.74, 6) is -2.88. The summed E-state index contributed by atoms with van der Waals surface area (Å²) in [6.07, 6.45) is 9.31. The maximum absolute atomic E-state index is 12.8. The van der Waals surface area contributed by atoms with Gasteiger partial charge in [0.25, 0.3) is 0 Å². The highest BCUT2D eigenvalue weighted by molar-refractivity contribution is 5.88. The summed E-state index contributed by atoms with van der Waals surface area (Å²) in [5, 5.41) is 14.0. The van der Waals surface area contributed by atoms with Gasteiger partial charge in [-0.1, -0.05) is 24.3 Å². The van der Waals surface area contributed by atoms with Crippen LogP contribution in [0.15, 0.2) is 24.3 Å². The third kappa shape index (κ3) is 22.9. The minimum atomic E-state index is -1.09. The Bertz CT molecular complexity index is 1200. The van der Waals surface area contributed by atoms with Crippen molar-refractivity contribution in [1.29, 1.82) is 0 Å². The molecular weight excluding hydrogens is 676 g/mol. The summed E-state index contributed by atoms with van der Waals surface area (Å²) in [6.45, 7) is 11.4. The average molecular weight is 739 g/mol. The van der Waals surface area contributed by atoms with Gasteiger partial charge in [0.2, 0.25) is 23.6 Å². The maximum atomic E-state index is 12.8. The fraction of sp³-hybridized carbons (Fsp3) is 0.722. The van der Waals surface area contributed by atoms with Crippen molar-refractivity contribution in [3.05, 3.63) is 24.3 Å². The molecule has 0 aromatic carbocycles. The van der Waals surface area contributed by atoms with Crippen LogP contribution in [0.3, 0.4) is 0 Å². The Labute approximate surface area is 308 Å². The molecule has 52 heavy (non-hydrogen) atoms. The third-order valence-electron chi connectivity index (χ3n) is 7.13. The number of allylic oxidation sites excluding steroid dienone is 2. The molecule has 16 nitrogen and oxygen atoms in total. The van der Waals surface area contributed by atoms with Crippen molar-refractivity contribution >= 4 is 35.6 Å². The fourth-order valence-corrected chi connectivity index (χ4v) is 4.63. The topological polar surface area (TPSA) is 226 Å².